The second kappa shape index (κ2) is 9.40. The minimum absolute atomic E-state index is 0.382. The number of rotatable bonds is 5. The van der Waals surface area contributed by atoms with Gasteiger partial charge in [-0.1, -0.05) is 36.4 Å². The average molecular weight is 429 g/mol. The fourth-order valence-electron chi connectivity index (χ4n) is 3.18. The Morgan fingerprint density at radius 3 is 2.35 bits per heavy atom. The van der Waals surface area contributed by atoms with Gasteiger partial charge in [-0.2, -0.15) is 11.8 Å². The van der Waals surface area contributed by atoms with Crippen LogP contribution in [0.1, 0.15) is 26.3 Å². The van der Waals surface area contributed by atoms with Crippen LogP contribution in [-0.4, -0.2) is 28.0 Å². The first kappa shape index (κ1) is 20.6. The first-order chi connectivity index (χ1) is 15.2. The lowest BCUT2D eigenvalue weighted by Gasteiger charge is -2.11. The molecule has 2 N–H and O–H groups in total. The van der Waals surface area contributed by atoms with Crippen molar-refractivity contribution < 1.29 is 9.59 Å². The number of nitrogens with zero attached hydrogens (tertiary/aromatic N) is 2. The third kappa shape index (κ3) is 4.73. The molecular weight excluding hydrogens is 408 g/mol. The van der Waals surface area contributed by atoms with Crippen LogP contribution in [0.5, 0.6) is 0 Å². The molecule has 6 nitrogen and oxygen atoms in total. The molecule has 0 aliphatic heterocycles. The maximum Gasteiger partial charge on any atom is 0.270 e. The van der Waals surface area contributed by atoms with Crippen molar-refractivity contribution in [2.75, 3.05) is 6.26 Å². The zero-order valence-corrected chi connectivity index (χ0v) is 17.6. The van der Waals surface area contributed by atoms with Gasteiger partial charge in [0.25, 0.3) is 11.8 Å². The van der Waals surface area contributed by atoms with Gasteiger partial charge in [-0.3, -0.25) is 25.4 Å². The van der Waals surface area contributed by atoms with Gasteiger partial charge in [0.05, 0.1) is 22.5 Å². The van der Waals surface area contributed by atoms with Crippen LogP contribution in [0.15, 0.2) is 79.0 Å². The van der Waals surface area contributed by atoms with Gasteiger partial charge in [0.1, 0.15) is 0 Å². The molecule has 7 heteroatoms. The SMILES string of the molecule is CSCc1ccc(C(=O)NNC(=O)c2cc(-c3ccccn3)nc3ccccc23)cc1. The molecule has 0 aliphatic rings. The molecule has 0 unspecified atom stereocenters. The number of carbonyl (C=O) groups is 2. The highest BCUT2D eigenvalue weighted by Crippen LogP contribution is 2.23. The Labute approximate surface area is 184 Å². The number of hydrazine groups is 1. The summed E-state index contributed by atoms with van der Waals surface area (Å²) in [5.74, 6) is 0.0716. The zero-order chi connectivity index (χ0) is 21.6. The molecule has 0 fully saturated rings. The van der Waals surface area contributed by atoms with Gasteiger partial charge in [-0.05, 0) is 48.2 Å². The Hall–Kier alpha value is -3.71. The predicted molar refractivity (Wildman–Crippen MR) is 124 cm³/mol. The van der Waals surface area contributed by atoms with Crippen molar-refractivity contribution in [3.05, 3.63) is 95.7 Å². The molecule has 0 bridgehead atoms. The lowest BCUT2D eigenvalue weighted by molar-refractivity contribution is 0.0847. The van der Waals surface area contributed by atoms with Gasteiger partial charge in [-0.15, -0.1) is 0 Å². The molecule has 4 aromatic rings. The fraction of sp³-hybridized carbons (Fsp3) is 0.0833. The van der Waals surface area contributed by atoms with E-state index in [9.17, 15) is 9.59 Å². The number of pyridine rings is 2. The minimum Gasteiger partial charge on any atom is -0.267 e. The number of hydrogen-bond donors (Lipinski definition) is 2. The molecule has 0 saturated carbocycles. The second-order valence-electron chi connectivity index (χ2n) is 6.83. The normalized spacial score (nSPS) is 10.6. The van der Waals surface area contributed by atoms with Gasteiger partial charge >= 0.3 is 0 Å². The van der Waals surface area contributed by atoms with Crippen LogP contribution in [0.25, 0.3) is 22.3 Å². The van der Waals surface area contributed by atoms with Crippen molar-refractivity contribution in [3.63, 3.8) is 0 Å². The minimum atomic E-state index is -0.428. The van der Waals surface area contributed by atoms with E-state index in [1.54, 1.807) is 36.2 Å². The van der Waals surface area contributed by atoms with Crippen LogP contribution in [-0.2, 0) is 5.75 Å². The van der Waals surface area contributed by atoms with Gasteiger partial charge < -0.3 is 0 Å². The molecular formula is C24H20N4O2S. The van der Waals surface area contributed by atoms with E-state index in [0.29, 0.717) is 33.4 Å². The summed E-state index contributed by atoms with van der Waals surface area (Å²) < 4.78 is 0. The Morgan fingerprint density at radius 2 is 1.61 bits per heavy atom. The van der Waals surface area contributed by atoms with Crippen molar-refractivity contribution in [1.82, 2.24) is 20.8 Å². The highest BCUT2D eigenvalue weighted by molar-refractivity contribution is 7.97. The number of aromatic nitrogens is 2. The maximum atomic E-state index is 12.9. The first-order valence-electron chi connectivity index (χ1n) is 9.65. The lowest BCUT2D eigenvalue weighted by atomic mass is 10.1. The standard InChI is InChI=1S/C24H20N4O2S/c1-31-15-16-9-11-17(12-10-16)23(29)27-28-24(30)19-14-22(21-8-4-5-13-25-21)26-20-7-3-2-6-18(19)20/h2-14H,15H2,1H3,(H,27,29)(H,28,30). The van der Waals surface area contributed by atoms with Gasteiger partial charge in [0.15, 0.2) is 0 Å². The van der Waals surface area contributed by atoms with E-state index in [0.717, 1.165) is 11.3 Å². The highest BCUT2D eigenvalue weighted by atomic mass is 32.2. The smallest absolute Gasteiger partial charge is 0.267 e. The van der Waals surface area contributed by atoms with Crippen LogP contribution < -0.4 is 10.9 Å². The van der Waals surface area contributed by atoms with Gasteiger partial charge in [0.2, 0.25) is 0 Å². The summed E-state index contributed by atoms with van der Waals surface area (Å²) in [5.41, 5.74) is 8.94. The quantitative estimate of drug-likeness (QED) is 0.465. The molecule has 2 amide bonds. The van der Waals surface area contributed by atoms with Crippen LogP contribution >= 0.6 is 11.8 Å². The predicted octanol–water partition coefficient (Wildman–Crippen LogP) is 4.23. The lowest BCUT2D eigenvalue weighted by Crippen LogP contribution is -2.41. The third-order valence-electron chi connectivity index (χ3n) is 4.70. The van der Waals surface area contributed by atoms with Crippen LogP contribution in [0, 0.1) is 0 Å². The molecule has 4 rings (SSSR count). The highest BCUT2D eigenvalue weighted by Gasteiger charge is 2.15. The van der Waals surface area contributed by atoms with E-state index < -0.39 is 5.91 Å². The monoisotopic (exact) mass is 428 g/mol. The van der Waals surface area contributed by atoms with Crippen molar-refractivity contribution in [2.45, 2.75) is 5.75 Å². The summed E-state index contributed by atoms with van der Waals surface area (Å²) >= 11 is 1.71. The molecule has 0 radical (unpaired) electrons. The van der Waals surface area contributed by atoms with E-state index in [4.69, 9.17) is 0 Å². The summed E-state index contributed by atoms with van der Waals surface area (Å²) in [5, 5.41) is 0.690. The van der Waals surface area contributed by atoms with Crippen molar-refractivity contribution >= 4 is 34.5 Å². The summed E-state index contributed by atoms with van der Waals surface area (Å²) in [7, 11) is 0. The Kier molecular flexibility index (Phi) is 6.24. The summed E-state index contributed by atoms with van der Waals surface area (Å²) in [4.78, 5) is 34.3. The number of hydrogen-bond acceptors (Lipinski definition) is 5. The number of para-hydroxylation sites is 1. The number of fused-ring (bicyclic) bond motifs is 1. The number of nitrogens with one attached hydrogen (secondary N) is 2. The van der Waals surface area contributed by atoms with E-state index in [2.05, 4.69) is 20.8 Å². The third-order valence-corrected chi connectivity index (χ3v) is 5.33. The summed E-state index contributed by atoms with van der Waals surface area (Å²) in [6.45, 7) is 0. The van der Waals surface area contributed by atoms with E-state index in [-0.39, 0.29) is 5.91 Å². The Balaban J connectivity index is 1.56. The largest absolute Gasteiger partial charge is 0.270 e. The molecule has 2 aromatic carbocycles. The number of benzene rings is 2. The molecule has 2 heterocycles. The first-order valence-corrected chi connectivity index (χ1v) is 11.0. The number of carbonyl (C=O) groups excluding carboxylic acids is 2. The molecule has 0 spiro atoms. The number of amides is 2. The topological polar surface area (TPSA) is 84.0 Å². The average Bonchev–Trinajstić information content (AvgIpc) is 2.83. The van der Waals surface area contributed by atoms with Gasteiger partial charge in [-0.25, -0.2) is 4.98 Å². The maximum absolute atomic E-state index is 12.9. The molecule has 2 aromatic heterocycles. The molecule has 154 valence electrons. The fourth-order valence-corrected chi connectivity index (χ4v) is 3.71. The van der Waals surface area contributed by atoms with Crippen LogP contribution in [0.2, 0.25) is 0 Å². The zero-order valence-electron chi connectivity index (χ0n) is 16.8. The molecule has 0 atom stereocenters. The molecule has 0 saturated heterocycles. The Bertz CT molecular complexity index is 1230. The van der Waals surface area contributed by atoms with Crippen molar-refractivity contribution in [3.8, 4) is 11.4 Å². The number of thioether (sulfide) groups is 1. The van der Waals surface area contributed by atoms with E-state index in [1.165, 1.54) is 0 Å². The van der Waals surface area contributed by atoms with E-state index >= 15 is 0 Å². The van der Waals surface area contributed by atoms with Crippen molar-refractivity contribution in [1.29, 1.82) is 0 Å². The summed E-state index contributed by atoms with van der Waals surface area (Å²) in [6, 6.07) is 21.9. The van der Waals surface area contributed by atoms with Gasteiger partial charge in [0, 0.05) is 22.9 Å². The molecule has 0 aliphatic carbocycles. The Morgan fingerprint density at radius 1 is 0.871 bits per heavy atom. The summed E-state index contributed by atoms with van der Waals surface area (Å²) in [6.07, 6.45) is 3.70. The van der Waals surface area contributed by atoms with Crippen molar-refractivity contribution in [2.24, 2.45) is 0 Å². The second-order valence-corrected chi connectivity index (χ2v) is 7.69. The van der Waals surface area contributed by atoms with E-state index in [1.807, 2.05) is 60.9 Å². The van der Waals surface area contributed by atoms with Crippen LogP contribution in [0.4, 0.5) is 0 Å². The molecule has 31 heavy (non-hydrogen) atoms. The van der Waals surface area contributed by atoms with Crippen LogP contribution in [0.3, 0.4) is 0 Å².